The standard InChI is InChI=1S/C28H37ClN4O3/c1-18(2)22-10-7-17-31-25(22)28(36)32-23(16-11-19-8-5-4-6-9-19)26(34)33-24(27(35)30-3)20-12-14-21(29)15-13-20/h4-6,8-9,12-15,18,22-25,31H,7,10-11,16-17H2,1-3H3,(H,30,35)(H,32,36)(H,33,34)/t22-,23-,24-,25+/m0/s1. The molecule has 0 spiro atoms. The van der Waals surface area contributed by atoms with Gasteiger partial charge in [-0.15, -0.1) is 0 Å². The van der Waals surface area contributed by atoms with Crippen LogP contribution in [0.25, 0.3) is 0 Å². The summed E-state index contributed by atoms with van der Waals surface area (Å²) in [5.41, 5.74) is 1.68. The second kappa shape index (κ2) is 13.4. The van der Waals surface area contributed by atoms with E-state index in [0.29, 0.717) is 29.3 Å². The molecule has 0 aliphatic carbocycles. The zero-order valence-electron chi connectivity index (χ0n) is 21.2. The molecule has 0 radical (unpaired) electrons. The van der Waals surface area contributed by atoms with Crippen molar-refractivity contribution in [3.63, 3.8) is 0 Å². The lowest BCUT2D eigenvalue weighted by Crippen LogP contribution is -2.58. The van der Waals surface area contributed by atoms with Crippen LogP contribution in [0.4, 0.5) is 0 Å². The molecule has 0 aromatic heterocycles. The normalized spacial score (nSPS) is 19.2. The maximum Gasteiger partial charge on any atom is 0.246 e. The van der Waals surface area contributed by atoms with E-state index in [0.717, 1.165) is 24.9 Å². The van der Waals surface area contributed by atoms with Gasteiger partial charge in [0.15, 0.2) is 0 Å². The Morgan fingerprint density at radius 1 is 1.00 bits per heavy atom. The van der Waals surface area contributed by atoms with Gasteiger partial charge in [-0.2, -0.15) is 0 Å². The van der Waals surface area contributed by atoms with Gasteiger partial charge >= 0.3 is 0 Å². The Balaban J connectivity index is 1.80. The molecule has 2 aromatic rings. The number of rotatable bonds is 10. The first-order valence-electron chi connectivity index (χ1n) is 12.6. The van der Waals surface area contributed by atoms with E-state index in [4.69, 9.17) is 11.6 Å². The maximum absolute atomic E-state index is 13.5. The summed E-state index contributed by atoms with van der Waals surface area (Å²) in [6.45, 7) is 5.02. The molecular weight excluding hydrogens is 476 g/mol. The molecule has 0 bridgehead atoms. The minimum atomic E-state index is -0.910. The molecule has 0 saturated carbocycles. The van der Waals surface area contributed by atoms with Gasteiger partial charge in [-0.3, -0.25) is 14.4 Å². The van der Waals surface area contributed by atoms with E-state index >= 15 is 0 Å². The molecule has 4 atom stereocenters. The number of piperidine rings is 1. The molecule has 3 amide bonds. The molecule has 194 valence electrons. The molecule has 1 aliphatic rings. The number of benzene rings is 2. The third kappa shape index (κ3) is 7.55. The largest absolute Gasteiger partial charge is 0.357 e. The van der Waals surface area contributed by atoms with E-state index in [-0.39, 0.29) is 23.8 Å². The fraction of sp³-hybridized carbons (Fsp3) is 0.464. The lowest BCUT2D eigenvalue weighted by Gasteiger charge is -2.35. The van der Waals surface area contributed by atoms with Gasteiger partial charge in [0, 0.05) is 12.1 Å². The van der Waals surface area contributed by atoms with Crippen molar-refractivity contribution in [2.45, 2.75) is 57.7 Å². The van der Waals surface area contributed by atoms with Crippen molar-refractivity contribution in [3.05, 3.63) is 70.7 Å². The van der Waals surface area contributed by atoms with Crippen molar-refractivity contribution in [1.29, 1.82) is 0 Å². The average Bonchev–Trinajstić information content (AvgIpc) is 2.90. The van der Waals surface area contributed by atoms with Gasteiger partial charge in [-0.05, 0) is 67.3 Å². The first-order valence-corrected chi connectivity index (χ1v) is 13.0. The van der Waals surface area contributed by atoms with Crippen molar-refractivity contribution in [1.82, 2.24) is 21.3 Å². The molecule has 2 aromatic carbocycles. The molecule has 4 N–H and O–H groups in total. The van der Waals surface area contributed by atoms with Crippen molar-refractivity contribution in [2.75, 3.05) is 13.6 Å². The Kier molecular flexibility index (Phi) is 10.3. The van der Waals surface area contributed by atoms with Gasteiger partial charge in [0.2, 0.25) is 17.7 Å². The zero-order valence-corrected chi connectivity index (χ0v) is 22.0. The average molecular weight is 513 g/mol. The summed E-state index contributed by atoms with van der Waals surface area (Å²) in [6.07, 6.45) is 3.01. The van der Waals surface area contributed by atoms with Crippen LogP contribution in [-0.2, 0) is 20.8 Å². The second-order valence-corrected chi connectivity index (χ2v) is 10.1. The highest BCUT2D eigenvalue weighted by atomic mass is 35.5. The second-order valence-electron chi connectivity index (χ2n) is 9.67. The van der Waals surface area contributed by atoms with Crippen LogP contribution < -0.4 is 21.3 Å². The third-order valence-corrected chi connectivity index (χ3v) is 7.09. The van der Waals surface area contributed by atoms with Crippen LogP contribution in [0.3, 0.4) is 0 Å². The molecule has 1 heterocycles. The van der Waals surface area contributed by atoms with Crippen molar-refractivity contribution in [2.24, 2.45) is 11.8 Å². The van der Waals surface area contributed by atoms with Crippen LogP contribution in [-0.4, -0.2) is 43.4 Å². The van der Waals surface area contributed by atoms with E-state index in [2.05, 4.69) is 35.1 Å². The lowest BCUT2D eigenvalue weighted by molar-refractivity contribution is -0.133. The van der Waals surface area contributed by atoms with Gasteiger partial charge in [0.25, 0.3) is 0 Å². The third-order valence-electron chi connectivity index (χ3n) is 6.84. The van der Waals surface area contributed by atoms with Crippen LogP contribution in [0.15, 0.2) is 54.6 Å². The van der Waals surface area contributed by atoms with Crippen molar-refractivity contribution in [3.8, 4) is 0 Å². The van der Waals surface area contributed by atoms with Gasteiger partial charge in [-0.25, -0.2) is 0 Å². The number of aryl methyl sites for hydroxylation is 1. The summed E-state index contributed by atoms with van der Waals surface area (Å²) in [5, 5.41) is 12.3. The summed E-state index contributed by atoms with van der Waals surface area (Å²) in [7, 11) is 1.52. The van der Waals surface area contributed by atoms with Crippen LogP contribution in [0.1, 0.15) is 50.3 Å². The highest BCUT2D eigenvalue weighted by molar-refractivity contribution is 6.30. The fourth-order valence-electron chi connectivity index (χ4n) is 4.75. The van der Waals surface area contributed by atoms with E-state index in [1.807, 2.05) is 30.3 Å². The number of hydrogen-bond donors (Lipinski definition) is 4. The highest BCUT2D eigenvalue weighted by Crippen LogP contribution is 2.25. The number of carbonyl (C=O) groups is 3. The summed E-state index contributed by atoms with van der Waals surface area (Å²) in [4.78, 5) is 39.6. The van der Waals surface area contributed by atoms with E-state index in [1.165, 1.54) is 7.05 Å². The molecule has 7 nitrogen and oxygen atoms in total. The Hall–Kier alpha value is -2.90. The van der Waals surface area contributed by atoms with E-state index < -0.39 is 18.0 Å². The molecule has 1 fully saturated rings. The molecule has 1 aliphatic heterocycles. The summed E-state index contributed by atoms with van der Waals surface area (Å²) in [5.74, 6) is -0.395. The Morgan fingerprint density at radius 2 is 1.69 bits per heavy atom. The van der Waals surface area contributed by atoms with Gasteiger partial charge in [0.05, 0.1) is 6.04 Å². The van der Waals surface area contributed by atoms with Gasteiger partial charge in [-0.1, -0.05) is 67.9 Å². The molecule has 36 heavy (non-hydrogen) atoms. The van der Waals surface area contributed by atoms with Gasteiger partial charge < -0.3 is 21.3 Å². The lowest BCUT2D eigenvalue weighted by atomic mass is 9.81. The SMILES string of the molecule is CNC(=O)[C@@H](NC(=O)[C@H](CCc1ccccc1)NC(=O)[C@@H]1NCCC[C@H]1C(C)C)c1ccc(Cl)cc1. The highest BCUT2D eigenvalue weighted by Gasteiger charge is 2.35. The Labute approximate surface area is 218 Å². The van der Waals surface area contributed by atoms with E-state index in [9.17, 15) is 14.4 Å². The number of nitrogens with one attached hydrogen (secondary N) is 4. The monoisotopic (exact) mass is 512 g/mol. The summed E-state index contributed by atoms with van der Waals surface area (Å²) < 4.78 is 0. The van der Waals surface area contributed by atoms with Crippen LogP contribution in [0, 0.1) is 11.8 Å². The number of hydrogen-bond acceptors (Lipinski definition) is 4. The number of halogens is 1. The van der Waals surface area contributed by atoms with E-state index in [1.54, 1.807) is 24.3 Å². The summed E-state index contributed by atoms with van der Waals surface area (Å²) in [6, 6.07) is 14.5. The number of carbonyl (C=O) groups excluding carboxylic acids is 3. The quantitative estimate of drug-likeness (QED) is 0.392. The maximum atomic E-state index is 13.5. The molecule has 8 heteroatoms. The van der Waals surface area contributed by atoms with Crippen LogP contribution >= 0.6 is 11.6 Å². The minimum Gasteiger partial charge on any atom is -0.357 e. The predicted molar refractivity (Wildman–Crippen MR) is 142 cm³/mol. The molecule has 0 unspecified atom stereocenters. The summed E-state index contributed by atoms with van der Waals surface area (Å²) >= 11 is 6.01. The fourth-order valence-corrected chi connectivity index (χ4v) is 4.87. The topological polar surface area (TPSA) is 99.3 Å². The number of amides is 3. The first kappa shape index (κ1) is 27.7. The first-order chi connectivity index (χ1) is 17.3. The Morgan fingerprint density at radius 3 is 2.33 bits per heavy atom. The van der Waals surface area contributed by atoms with Crippen molar-refractivity contribution >= 4 is 29.3 Å². The zero-order chi connectivity index (χ0) is 26.1. The van der Waals surface area contributed by atoms with Crippen LogP contribution in [0.2, 0.25) is 5.02 Å². The molecule has 3 rings (SSSR count). The smallest absolute Gasteiger partial charge is 0.246 e. The van der Waals surface area contributed by atoms with Crippen LogP contribution in [0.5, 0.6) is 0 Å². The predicted octanol–water partition coefficient (Wildman–Crippen LogP) is 3.39. The van der Waals surface area contributed by atoms with Gasteiger partial charge in [0.1, 0.15) is 12.1 Å². The number of likely N-dealkylation sites (N-methyl/N-ethyl adjacent to an activating group) is 1. The molecular formula is C28H37ClN4O3. The molecule has 1 saturated heterocycles. The minimum absolute atomic E-state index is 0.176. The van der Waals surface area contributed by atoms with Crippen molar-refractivity contribution < 1.29 is 14.4 Å². The Bertz CT molecular complexity index is 1010.